The lowest BCUT2D eigenvalue weighted by molar-refractivity contribution is -0.127. The van der Waals surface area contributed by atoms with Gasteiger partial charge in [-0.2, -0.15) is 0 Å². The van der Waals surface area contributed by atoms with Crippen molar-refractivity contribution in [1.82, 2.24) is 4.90 Å². The van der Waals surface area contributed by atoms with Gasteiger partial charge in [-0.25, -0.2) is 0 Å². The molecule has 1 aromatic carbocycles. The van der Waals surface area contributed by atoms with Crippen molar-refractivity contribution in [2.24, 2.45) is 0 Å². The van der Waals surface area contributed by atoms with E-state index in [-0.39, 0.29) is 12.5 Å². The van der Waals surface area contributed by atoms with Gasteiger partial charge in [-0.15, -0.1) is 11.8 Å². The van der Waals surface area contributed by atoms with Crippen molar-refractivity contribution >= 4 is 29.3 Å². The van der Waals surface area contributed by atoms with E-state index in [0.717, 1.165) is 30.8 Å². The molecule has 1 heterocycles. The molecule has 0 atom stereocenters. The number of nitrogens with zero attached hydrogens (tertiary/aromatic N) is 1. The molecular weight excluding hydrogens is 270 g/mol. The van der Waals surface area contributed by atoms with Gasteiger partial charge in [-0.3, -0.25) is 4.79 Å². The van der Waals surface area contributed by atoms with Crippen LogP contribution < -0.4 is 0 Å². The minimum atomic E-state index is -0.0590. The molecule has 1 aromatic rings. The first-order chi connectivity index (χ1) is 8.70. The maximum absolute atomic E-state index is 11.9. The van der Waals surface area contributed by atoms with Crippen LogP contribution >= 0.6 is 23.4 Å². The van der Waals surface area contributed by atoms with Gasteiger partial charge in [0.1, 0.15) is 0 Å². The Labute approximate surface area is 116 Å². The standard InChI is InChI=1S/C13H16ClNO2S/c14-12-7-11(4-3-10(12)8-16)18-9-13(17)15-5-1-2-6-15/h3-4,7,16H,1-2,5-6,8-9H2. The number of carbonyl (C=O) groups is 1. The average Bonchev–Trinajstić information content (AvgIpc) is 2.90. The first-order valence-corrected chi connectivity index (χ1v) is 7.37. The summed E-state index contributed by atoms with van der Waals surface area (Å²) >= 11 is 7.49. The number of rotatable bonds is 4. The Bertz CT molecular complexity index is 433. The second-order valence-corrected chi connectivity index (χ2v) is 5.74. The third-order valence-electron chi connectivity index (χ3n) is 3.02. The van der Waals surface area contributed by atoms with Crippen molar-refractivity contribution in [2.75, 3.05) is 18.8 Å². The highest BCUT2D eigenvalue weighted by Gasteiger charge is 2.17. The second kappa shape index (κ2) is 6.45. The van der Waals surface area contributed by atoms with Crippen LogP contribution in [0.25, 0.3) is 0 Å². The molecule has 0 aliphatic carbocycles. The van der Waals surface area contributed by atoms with E-state index in [1.165, 1.54) is 11.8 Å². The minimum absolute atomic E-state index is 0.0590. The molecule has 1 amide bonds. The van der Waals surface area contributed by atoms with Crippen LogP contribution in [0, 0.1) is 0 Å². The molecule has 0 unspecified atom stereocenters. The third kappa shape index (κ3) is 3.40. The SMILES string of the molecule is O=C(CSc1ccc(CO)c(Cl)c1)N1CCCC1. The first-order valence-electron chi connectivity index (χ1n) is 6.00. The second-order valence-electron chi connectivity index (χ2n) is 4.29. The van der Waals surface area contributed by atoms with Crippen LogP contribution in [0.15, 0.2) is 23.1 Å². The Morgan fingerprint density at radius 1 is 1.39 bits per heavy atom. The molecule has 1 N–H and O–H groups in total. The fourth-order valence-corrected chi connectivity index (χ4v) is 3.09. The molecule has 1 saturated heterocycles. The lowest BCUT2D eigenvalue weighted by Gasteiger charge is -2.14. The number of thioether (sulfide) groups is 1. The van der Waals surface area contributed by atoms with Crippen molar-refractivity contribution < 1.29 is 9.90 Å². The monoisotopic (exact) mass is 285 g/mol. The van der Waals surface area contributed by atoms with E-state index < -0.39 is 0 Å². The van der Waals surface area contributed by atoms with Gasteiger partial charge in [0.2, 0.25) is 5.91 Å². The summed E-state index contributed by atoms with van der Waals surface area (Å²) in [6, 6.07) is 5.49. The fraction of sp³-hybridized carbons (Fsp3) is 0.462. The number of aliphatic hydroxyl groups excluding tert-OH is 1. The van der Waals surface area contributed by atoms with E-state index >= 15 is 0 Å². The summed E-state index contributed by atoms with van der Waals surface area (Å²) in [5, 5.41) is 9.57. The van der Waals surface area contributed by atoms with Crippen LogP contribution in [0.3, 0.4) is 0 Å². The number of hydrogen-bond donors (Lipinski definition) is 1. The Hall–Kier alpha value is -0.710. The van der Waals surface area contributed by atoms with Crippen LogP contribution in [-0.2, 0) is 11.4 Å². The molecule has 5 heteroatoms. The zero-order valence-corrected chi connectivity index (χ0v) is 11.6. The van der Waals surface area contributed by atoms with Gasteiger partial charge in [0, 0.05) is 23.0 Å². The van der Waals surface area contributed by atoms with E-state index in [9.17, 15) is 4.79 Å². The molecule has 2 rings (SSSR count). The van der Waals surface area contributed by atoms with E-state index in [0.29, 0.717) is 16.3 Å². The molecule has 0 saturated carbocycles. The van der Waals surface area contributed by atoms with Crippen LogP contribution in [-0.4, -0.2) is 34.8 Å². The molecular formula is C13H16ClNO2S. The summed E-state index contributed by atoms with van der Waals surface area (Å²) in [6.07, 6.45) is 2.24. The predicted octanol–water partition coefficient (Wildman–Crippen LogP) is 2.55. The van der Waals surface area contributed by atoms with Crippen LogP contribution in [0.1, 0.15) is 18.4 Å². The summed E-state index contributed by atoms with van der Waals surface area (Å²) in [5.74, 6) is 0.647. The van der Waals surface area contributed by atoms with Crippen molar-refractivity contribution in [3.63, 3.8) is 0 Å². The van der Waals surface area contributed by atoms with E-state index in [1.54, 1.807) is 12.1 Å². The van der Waals surface area contributed by atoms with Crippen LogP contribution in [0.2, 0.25) is 5.02 Å². The van der Waals surface area contributed by atoms with Crippen molar-refractivity contribution in [2.45, 2.75) is 24.3 Å². The van der Waals surface area contributed by atoms with Crippen molar-refractivity contribution in [3.8, 4) is 0 Å². The third-order valence-corrected chi connectivity index (χ3v) is 4.35. The topological polar surface area (TPSA) is 40.5 Å². The Balaban J connectivity index is 1.89. The van der Waals surface area contributed by atoms with Gasteiger partial charge in [0.05, 0.1) is 12.4 Å². The molecule has 0 radical (unpaired) electrons. The van der Waals surface area contributed by atoms with Gasteiger partial charge in [-0.05, 0) is 30.5 Å². The summed E-state index contributed by atoms with van der Waals surface area (Å²) in [4.78, 5) is 14.7. The summed E-state index contributed by atoms with van der Waals surface area (Å²) < 4.78 is 0. The number of hydrogen-bond acceptors (Lipinski definition) is 3. The van der Waals surface area contributed by atoms with Crippen molar-refractivity contribution in [3.05, 3.63) is 28.8 Å². The summed E-state index contributed by atoms with van der Waals surface area (Å²) in [7, 11) is 0. The van der Waals surface area contributed by atoms with Gasteiger partial charge >= 0.3 is 0 Å². The number of benzene rings is 1. The number of halogens is 1. The number of amides is 1. The lowest BCUT2D eigenvalue weighted by atomic mass is 10.2. The largest absolute Gasteiger partial charge is 0.392 e. The first kappa shape index (κ1) is 13.7. The molecule has 0 aromatic heterocycles. The normalized spacial score (nSPS) is 15.1. The summed E-state index contributed by atoms with van der Waals surface area (Å²) in [6.45, 7) is 1.73. The molecule has 98 valence electrons. The Kier molecular flexibility index (Phi) is 4.92. The van der Waals surface area contributed by atoms with Crippen molar-refractivity contribution in [1.29, 1.82) is 0 Å². The molecule has 1 aliphatic heterocycles. The highest BCUT2D eigenvalue weighted by molar-refractivity contribution is 8.00. The van der Waals surface area contributed by atoms with Gasteiger partial charge in [0.25, 0.3) is 0 Å². The highest BCUT2D eigenvalue weighted by atomic mass is 35.5. The zero-order valence-electron chi connectivity index (χ0n) is 10.1. The van der Waals surface area contributed by atoms with E-state index in [4.69, 9.17) is 16.7 Å². The highest BCUT2D eigenvalue weighted by Crippen LogP contribution is 2.25. The predicted molar refractivity (Wildman–Crippen MR) is 73.9 cm³/mol. The maximum Gasteiger partial charge on any atom is 0.232 e. The zero-order chi connectivity index (χ0) is 13.0. The molecule has 1 aliphatic rings. The van der Waals surface area contributed by atoms with Gasteiger partial charge < -0.3 is 10.0 Å². The Morgan fingerprint density at radius 2 is 2.11 bits per heavy atom. The molecule has 0 bridgehead atoms. The quantitative estimate of drug-likeness (QED) is 0.865. The average molecular weight is 286 g/mol. The number of likely N-dealkylation sites (tertiary alicyclic amines) is 1. The maximum atomic E-state index is 11.9. The van der Waals surface area contributed by atoms with Crippen LogP contribution in [0.4, 0.5) is 0 Å². The number of carbonyl (C=O) groups excluding carboxylic acids is 1. The fourth-order valence-electron chi connectivity index (χ4n) is 1.95. The van der Waals surface area contributed by atoms with Gasteiger partial charge in [-0.1, -0.05) is 17.7 Å². The minimum Gasteiger partial charge on any atom is -0.392 e. The Morgan fingerprint density at radius 3 is 2.72 bits per heavy atom. The number of aliphatic hydroxyl groups is 1. The molecule has 3 nitrogen and oxygen atoms in total. The van der Waals surface area contributed by atoms with E-state index in [1.807, 2.05) is 11.0 Å². The van der Waals surface area contributed by atoms with Crippen LogP contribution in [0.5, 0.6) is 0 Å². The molecule has 1 fully saturated rings. The summed E-state index contributed by atoms with van der Waals surface area (Å²) in [5.41, 5.74) is 0.715. The molecule has 0 spiro atoms. The smallest absolute Gasteiger partial charge is 0.232 e. The van der Waals surface area contributed by atoms with E-state index in [2.05, 4.69) is 0 Å². The van der Waals surface area contributed by atoms with Gasteiger partial charge in [0.15, 0.2) is 0 Å². The lowest BCUT2D eigenvalue weighted by Crippen LogP contribution is -2.29. The molecule has 18 heavy (non-hydrogen) atoms.